The molecule has 2 aromatic carbocycles. The van der Waals surface area contributed by atoms with Gasteiger partial charge in [-0.25, -0.2) is 23.4 Å². The summed E-state index contributed by atoms with van der Waals surface area (Å²) in [6.07, 6.45) is 1.52. The van der Waals surface area contributed by atoms with E-state index in [0.29, 0.717) is 59.0 Å². The molecule has 0 spiro atoms. The zero-order chi connectivity index (χ0) is 25.4. The second kappa shape index (κ2) is 9.97. The van der Waals surface area contributed by atoms with Gasteiger partial charge in [0.1, 0.15) is 12.2 Å². The molecule has 0 atom stereocenters. The van der Waals surface area contributed by atoms with Crippen molar-refractivity contribution in [3.63, 3.8) is 0 Å². The molecule has 1 aliphatic rings. The number of anilines is 1. The molecule has 1 aliphatic heterocycles. The fourth-order valence-electron chi connectivity index (χ4n) is 4.47. The average Bonchev–Trinajstić information content (AvgIpc) is 3.23. The first-order chi connectivity index (χ1) is 17.2. The van der Waals surface area contributed by atoms with Gasteiger partial charge in [0.05, 0.1) is 10.8 Å². The molecule has 0 bridgehead atoms. The van der Waals surface area contributed by atoms with Crippen LogP contribution in [0.4, 0.5) is 5.82 Å². The summed E-state index contributed by atoms with van der Waals surface area (Å²) in [5.41, 5.74) is 2.86. The van der Waals surface area contributed by atoms with Crippen molar-refractivity contribution >= 4 is 50.2 Å². The molecule has 5 rings (SSSR count). The van der Waals surface area contributed by atoms with Gasteiger partial charge >= 0.3 is 0 Å². The third-order valence-corrected chi connectivity index (χ3v) is 8.92. The molecule has 1 saturated heterocycles. The van der Waals surface area contributed by atoms with Crippen LogP contribution in [0.25, 0.3) is 28.2 Å². The summed E-state index contributed by atoms with van der Waals surface area (Å²) >= 11 is 12.7. The number of aromatic nitrogens is 4. The van der Waals surface area contributed by atoms with Crippen molar-refractivity contribution in [2.24, 2.45) is 5.92 Å². The van der Waals surface area contributed by atoms with E-state index in [0.717, 1.165) is 11.3 Å². The lowest BCUT2D eigenvalue weighted by Gasteiger charge is -2.34. The number of benzene rings is 2. The first-order valence-electron chi connectivity index (χ1n) is 11.7. The summed E-state index contributed by atoms with van der Waals surface area (Å²) < 4.78 is 28.9. The topological polar surface area (TPSA) is 84.2 Å². The normalized spacial score (nSPS) is 15.2. The van der Waals surface area contributed by atoms with Crippen molar-refractivity contribution in [2.75, 3.05) is 36.8 Å². The largest absolute Gasteiger partial charge is 0.352 e. The molecule has 11 heteroatoms. The van der Waals surface area contributed by atoms with E-state index >= 15 is 0 Å². The first-order valence-corrected chi connectivity index (χ1v) is 14.1. The third kappa shape index (κ3) is 4.80. The Balaban J connectivity index is 1.57. The minimum absolute atomic E-state index is 0.0783. The van der Waals surface area contributed by atoms with Gasteiger partial charge in [-0.2, -0.15) is 4.31 Å². The van der Waals surface area contributed by atoms with E-state index in [-0.39, 0.29) is 11.7 Å². The zero-order valence-corrected chi connectivity index (χ0v) is 22.3. The second-order valence-corrected chi connectivity index (χ2v) is 12.0. The standard InChI is InChI=1S/C25H26Cl2N6O2S/c1-17(2)15-36(34,35)32-13-11-31(12-14-32)24-22-25(29-16-28-24)33(19-9-7-18(26)8-10-19)23(30-22)20-5-3-4-6-21(20)27/h3-10,16-17H,11-15H2,1-2H3. The molecule has 2 aromatic heterocycles. The van der Waals surface area contributed by atoms with Gasteiger partial charge in [0.25, 0.3) is 0 Å². The molecule has 4 aromatic rings. The average molecular weight is 545 g/mol. The Bertz CT molecular complexity index is 1500. The van der Waals surface area contributed by atoms with Gasteiger partial charge in [-0.15, -0.1) is 0 Å². The van der Waals surface area contributed by atoms with Crippen LogP contribution < -0.4 is 4.90 Å². The Hall–Kier alpha value is -2.72. The number of halogens is 2. The van der Waals surface area contributed by atoms with Crippen molar-refractivity contribution in [1.29, 1.82) is 0 Å². The SMILES string of the molecule is CC(C)CS(=O)(=O)N1CCN(c2ncnc3c2nc(-c2ccccc2Cl)n3-c2ccc(Cl)cc2)CC1. The minimum Gasteiger partial charge on any atom is -0.352 e. The molecule has 0 unspecified atom stereocenters. The monoisotopic (exact) mass is 544 g/mol. The fraction of sp³-hybridized carbons (Fsp3) is 0.320. The van der Waals surface area contributed by atoms with Gasteiger partial charge in [-0.05, 0) is 42.3 Å². The van der Waals surface area contributed by atoms with Crippen LogP contribution in [0.2, 0.25) is 10.0 Å². The molecule has 36 heavy (non-hydrogen) atoms. The molecule has 8 nitrogen and oxygen atoms in total. The van der Waals surface area contributed by atoms with E-state index in [1.807, 2.05) is 66.9 Å². The summed E-state index contributed by atoms with van der Waals surface area (Å²) in [5.74, 6) is 1.53. The number of fused-ring (bicyclic) bond motifs is 1. The van der Waals surface area contributed by atoms with E-state index in [4.69, 9.17) is 28.2 Å². The Labute approximate surface area is 220 Å². The number of nitrogens with zero attached hydrogens (tertiary/aromatic N) is 6. The van der Waals surface area contributed by atoms with Crippen LogP contribution in [0.5, 0.6) is 0 Å². The van der Waals surface area contributed by atoms with Gasteiger partial charge in [-0.1, -0.05) is 49.2 Å². The van der Waals surface area contributed by atoms with E-state index in [9.17, 15) is 8.42 Å². The highest BCUT2D eigenvalue weighted by Gasteiger charge is 2.30. The number of rotatable bonds is 6. The Morgan fingerprint density at radius 1 is 0.944 bits per heavy atom. The summed E-state index contributed by atoms with van der Waals surface area (Å²) in [6.45, 7) is 5.65. The fourth-order valence-corrected chi connectivity index (χ4v) is 6.59. The van der Waals surface area contributed by atoms with Gasteiger partial charge in [0.15, 0.2) is 17.0 Å². The molecule has 1 fully saturated rings. The molecule has 0 N–H and O–H groups in total. The van der Waals surface area contributed by atoms with Gasteiger partial charge in [0, 0.05) is 42.5 Å². The smallest absolute Gasteiger partial charge is 0.214 e. The van der Waals surface area contributed by atoms with Gasteiger partial charge < -0.3 is 4.90 Å². The van der Waals surface area contributed by atoms with Crippen LogP contribution >= 0.6 is 23.2 Å². The molecule has 0 aliphatic carbocycles. The van der Waals surface area contributed by atoms with E-state index in [1.165, 1.54) is 6.33 Å². The lowest BCUT2D eigenvalue weighted by Crippen LogP contribution is -2.50. The highest BCUT2D eigenvalue weighted by atomic mass is 35.5. The van der Waals surface area contributed by atoms with Crippen molar-refractivity contribution < 1.29 is 8.42 Å². The lowest BCUT2D eigenvalue weighted by atomic mass is 10.2. The first kappa shape index (κ1) is 25.0. The molecule has 0 amide bonds. The molecule has 188 valence electrons. The van der Waals surface area contributed by atoms with E-state index in [2.05, 4.69) is 14.9 Å². The predicted molar refractivity (Wildman–Crippen MR) is 145 cm³/mol. The third-order valence-electron chi connectivity index (χ3n) is 6.10. The quantitative estimate of drug-likeness (QED) is 0.343. The van der Waals surface area contributed by atoms with Crippen LogP contribution in [-0.4, -0.2) is 64.2 Å². The number of hydrogen-bond donors (Lipinski definition) is 0. The van der Waals surface area contributed by atoms with Crippen molar-refractivity contribution in [2.45, 2.75) is 13.8 Å². The summed E-state index contributed by atoms with van der Waals surface area (Å²) in [4.78, 5) is 16.2. The maximum atomic E-state index is 12.7. The minimum atomic E-state index is -3.28. The maximum Gasteiger partial charge on any atom is 0.214 e. The Kier molecular flexibility index (Phi) is 6.91. The summed E-state index contributed by atoms with van der Waals surface area (Å²) in [7, 11) is -3.28. The predicted octanol–water partition coefficient (Wildman–Crippen LogP) is 4.90. The number of sulfonamides is 1. The molecule has 0 saturated carbocycles. The zero-order valence-electron chi connectivity index (χ0n) is 20.0. The second-order valence-electron chi connectivity index (χ2n) is 9.16. The Morgan fingerprint density at radius 3 is 2.31 bits per heavy atom. The molecule has 3 heterocycles. The van der Waals surface area contributed by atoms with Crippen LogP contribution in [0, 0.1) is 5.92 Å². The van der Waals surface area contributed by atoms with Crippen LogP contribution in [0.3, 0.4) is 0 Å². The van der Waals surface area contributed by atoms with Gasteiger partial charge in [-0.3, -0.25) is 4.57 Å². The van der Waals surface area contributed by atoms with Gasteiger partial charge in [0.2, 0.25) is 10.0 Å². The van der Waals surface area contributed by atoms with E-state index in [1.54, 1.807) is 4.31 Å². The molecule has 0 radical (unpaired) electrons. The molecular formula is C25H26Cl2N6O2S. The molecular weight excluding hydrogens is 519 g/mol. The van der Waals surface area contributed by atoms with E-state index < -0.39 is 10.0 Å². The van der Waals surface area contributed by atoms with Crippen molar-refractivity contribution in [1.82, 2.24) is 23.8 Å². The highest BCUT2D eigenvalue weighted by Crippen LogP contribution is 2.35. The van der Waals surface area contributed by atoms with Crippen molar-refractivity contribution in [3.05, 3.63) is 64.9 Å². The van der Waals surface area contributed by atoms with Crippen LogP contribution in [0.1, 0.15) is 13.8 Å². The van der Waals surface area contributed by atoms with Crippen molar-refractivity contribution in [3.8, 4) is 17.1 Å². The maximum absolute atomic E-state index is 12.7. The van der Waals surface area contributed by atoms with Crippen LogP contribution in [0.15, 0.2) is 54.9 Å². The highest BCUT2D eigenvalue weighted by molar-refractivity contribution is 7.89. The number of hydrogen-bond acceptors (Lipinski definition) is 6. The summed E-state index contributed by atoms with van der Waals surface area (Å²) in [5, 5.41) is 1.20. The van der Waals surface area contributed by atoms with Crippen LogP contribution in [-0.2, 0) is 10.0 Å². The number of piperazine rings is 1. The lowest BCUT2D eigenvalue weighted by molar-refractivity contribution is 0.381. The number of imidazole rings is 1. The summed E-state index contributed by atoms with van der Waals surface area (Å²) in [6, 6.07) is 15.0. The Morgan fingerprint density at radius 2 is 1.64 bits per heavy atom.